The summed E-state index contributed by atoms with van der Waals surface area (Å²) < 4.78 is 0. The van der Waals surface area contributed by atoms with Gasteiger partial charge >= 0.3 is 17.8 Å². The Kier molecular flexibility index (Phi) is 7.91. The van der Waals surface area contributed by atoms with Crippen LogP contribution in [0.2, 0.25) is 0 Å². The van der Waals surface area contributed by atoms with Crippen LogP contribution in [0.25, 0.3) is 0 Å². The van der Waals surface area contributed by atoms with Crippen LogP contribution < -0.4 is 20.7 Å². The van der Waals surface area contributed by atoms with E-state index in [0.717, 1.165) is 31.5 Å². The summed E-state index contributed by atoms with van der Waals surface area (Å²) in [5, 5.41) is 8.27. The number of H-pyrrole nitrogens is 1. The molecule has 1 aromatic heterocycles. The molecule has 0 amide bonds. The Morgan fingerprint density at radius 3 is 2.40 bits per heavy atom. The van der Waals surface area contributed by atoms with E-state index in [0.29, 0.717) is 31.0 Å². The lowest BCUT2D eigenvalue weighted by molar-refractivity contribution is -0.361. The van der Waals surface area contributed by atoms with E-state index < -0.39 is 0 Å². The van der Waals surface area contributed by atoms with Gasteiger partial charge < -0.3 is 10.6 Å². The first-order valence-electron chi connectivity index (χ1n) is 9.00. The number of aromatic nitrogens is 3. The Balaban J connectivity index is 2.13. The average molecular weight is 345 g/mol. The summed E-state index contributed by atoms with van der Waals surface area (Å²) in [6.07, 6.45) is 2.03. The quantitative estimate of drug-likeness (QED) is 0.610. The fourth-order valence-corrected chi connectivity index (χ4v) is 2.18. The van der Waals surface area contributed by atoms with Gasteiger partial charge in [-0.3, -0.25) is 0 Å². The zero-order chi connectivity index (χ0) is 17.9. The van der Waals surface area contributed by atoms with Gasteiger partial charge in [-0.15, -0.1) is 0 Å². The minimum absolute atomic E-state index is 0.488. The monoisotopic (exact) mass is 345 g/mol. The van der Waals surface area contributed by atoms with Gasteiger partial charge in [-0.1, -0.05) is 54.1 Å². The van der Waals surface area contributed by atoms with Crippen LogP contribution in [0.5, 0.6) is 0 Å². The van der Waals surface area contributed by atoms with Crippen LogP contribution in [0, 0.1) is 0 Å². The van der Waals surface area contributed by atoms with Gasteiger partial charge in [0, 0.05) is 13.1 Å². The highest BCUT2D eigenvalue weighted by molar-refractivity contribution is 5.35. The Morgan fingerprint density at radius 2 is 1.72 bits per heavy atom. The number of hydrogen-bond donors (Lipinski definition) is 2. The molecular weight excluding hydrogens is 316 g/mol. The van der Waals surface area contributed by atoms with E-state index in [1.807, 2.05) is 37.3 Å². The molecule has 0 aliphatic carbocycles. The zero-order valence-corrected chi connectivity index (χ0v) is 15.4. The molecule has 0 atom stereocenters. The van der Waals surface area contributed by atoms with Gasteiger partial charge in [0.1, 0.15) is 6.61 Å². The molecule has 2 aromatic rings. The van der Waals surface area contributed by atoms with E-state index in [9.17, 15) is 0 Å². The highest BCUT2D eigenvalue weighted by Crippen LogP contribution is 2.12. The van der Waals surface area contributed by atoms with Gasteiger partial charge in [0.15, 0.2) is 0 Å². The second-order valence-electron chi connectivity index (χ2n) is 5.65. The molecule has 0 aliphatic rings. The van der Waals surface area contributed by atoms with Crippen molar-refractivity contribution >= 4 is 17.8 Å². The molecule has 7 nitrogen and oxygen atoms in total. The minimum atomic E-state index is 0.488. The Hall–Kier alpha value is -2.41. The van der Waals surface area contributed by atoms with E-state index in [4.69, 9.17) is 4.84 Å². The third-order valence-corrected chi connectivity index (χ3v) is 3.49. The van der Waals surface area contributed by atoms with Gasteiger partial charge in [0.2, 0.25) is 0 Å². The van der Waals surface area contributed by atoms with Crippen LogP contribution in [0.15, 0.2) is 30.3 Å². The van der Waals surface area contributed by atoms with Crippen LogP contribution in [-0.4, -0.2) is 29.6 Å². The first-order valence-corrected chi connectivity index (χ1v) is 9.00. The number of nitrogens with one attached hydrogen (secondary N) is 3. The van der Waals surface area contributed by atoms with Gasteiger partial charge in [0.25, 0.3) is 0 Å². The molecule has 2 rings (SSSR count). The second kappa shape index (κ2) is 10.5. The molecule has 1 aromatic carbocycles. The molecule has 0 bridgehead atoms. The average Bonchev–Trinajstić information content (AvgIpc) is 2.66. The highest BCUT2D eigenvalue weighted by Gasteiger charge is 2.19. The lowest BCUT2D eigenvalue weighted by Crippen LogP contribution is -2.33. The number of anilines is 3. The van der Waals surface area contributed by atoms with Crippen molar-refractivity contribution in [3.63, 3.8) is 0 Å². The van der Waals surface area contributed by atoms with Crippen LogP contribution in [0.1, 0.15) is 39.2 Å². The molecule has 0 saturated carbocycles. The molecular formula is C18H29N6O+. The predicted octanol–water partition coefficient (Wildman–Crippen LogP) is 2.89. The fraction of sp³-hybridized carbons (Fsp3) is 0.500. The third-order valence-electron chi connectivity index (χ3n) is 3.49. The van der Waals surface area contributed by atoms with Crippen molar-refractivity contribution in [2.45, 2.75) is 40.2 Å². The largest absolute Gasteiger partial charge is 0.351 e. The summed E-state index contributed by atoms with van der Waals surface area (Å²) in [6, 6.07) is 10.1. The normalized spacial score (nSPS) is 10.5. The molecule has 7 heteroatoms. The molecule has 3 N–H and O–H groups in total. The van der Waals surface area contributed by atoms with Crippen molar-refractivity contribution in [3.05, 3.63) is 35.9 Å². The van der Waals surface area contributed by atoms with Gasteiger partial charge in [-0.2, -0.15) is 5.06 Å². The maximum Gasteiger partial charge on any atom is 0.351 e. The summed E-state index contributed by atoms with van der Waals surface area (Å²) >= 11 is 0. The molecule has 0 spiro atoms. The first kappa shape index (κ1) is 18.9. The van der Waals surface area contributed by atoms with Crippen molar-refractivity contribution in [2.75, 3.05) is 35.3 Å². The maximum absolute atomic E-state index is 5.94. The van der Waals surface area contributed by atoms with Crippen molar-refractivity contribution in [1.82, 2.24) is 9.97 Å². The lowest BCUT2D eigenvalue weighted by atomic mass is 10.2. The molecule has 1 heterocycles. The molecule has 0 radical (unpaired) electrons. The SMILES string of the molecule is CCCNc1nc(NCCC)[nH+]c(N(CC)OCc2ccccc2)n1. The number of nitrogens with zero attached hydrogens (tertiary/aromatic N) is 3. The van der Waals surface area contributed by atoms with Gasteiger partial charge in [-0.05, 0) is 25.3 Å². The lowest BCUT2D eigenvalue weighted by Gasteiger charge is -2.16. The van der Waals surface area contributed by atoms with Crippen LogP contribution >= 0.6 is 0 Å². The molecule has 136 valence electrons. The van der Waals surface area contributed by atoms with E-state index in [1.165, 1.54) is 0 Å². The molecule has 0 aliphatic heterocycles. The minimum Gasteiger partial charge on any atom is -0.337 e. The summed E-state index contributed by atoms with van der Waals surface area (Å²) in [7, 11) is 0. The fourth-order valence-electron chi connectivity index (χ4n) is 2.18. The maximum atomic E-state index is 5.94. The summed E-state index contributed by atoms with van der Waals surface area (Å²) in [6.45, 7) is 9.08. The number of benzene rings is 1. The Morgan fingerprint density at radius 1 is 1.00 bits per heavy atom. The van der Waals surface area contributed by atoms with Crippen molar-refractivity contribution in [1.29, 1.82) is 0 Å². The standard InChI is InChI=1S/C18H28N6O/c1-4-12-19-16-21-17(20-13-5-2)23-18(22-16)24(6-3)25-14-15-10-8-7-9-11-15/h7-11H,4-6,12-14H2,1-3H3,(H2,19,20,21,22,23)/p+1. The van der Waals surface area contributed by atoms with Crippen LogP contribution in [0.3, 0.4) is 0 Å². The van der Waals surface area contributed by atoms with Crippen molar-refractivity contribution < 1.29 is 9.82 Å². The van der Waals surface area contributed by atoms with Crippen LogP contribution in [0.4, 0.5) is 17.8 Å². The van der Waals surface area contributed by atoms with Crippen molar-refractivity contribution in [2.24, 2.45) is 0 Å². The summed E-state index contributed by atoms with van der Waals surface area (Å²) in [5.41, 5.74) is 1.11. The second-order valence-corrected chi connectivity index (χ2v) is 5.65. The molecule has 25 heavy (non-hydrogen) atoms. The number of aromatic amines is 1. The summed E-state index contributed by atoms with van der Waals surface area (Å²) in [5.74, 6) is 1.91. The van der Waals surface area contributed by atoms with E-state index >= 15 is 0 Å². The van der Waals surface area contributed by atoms with Crippen molar-refractivity contribution in [3.8, 4) is 0 Å². The number of hydrogen-bond acceptors (Lipinski definition) is 6. The zero-order valence-electron chi connectivity index (χ0n) is 15.4. The number of rotatable bonds is 11. The Labute approximate surface area is 149 Å². The van der Waals surface area contributed by atoms with Gasteiger partial charge in [0.05, 0.1) is 6.54 Å². The van der Waals surface area contributed by atoms with E-state index in [-0.39, 0.29) is 0 Å². The van der Waals surface area contributed by atoms with E-state index in [1.54, 1.807) is 5.06 Å². The molecule has 0 fully saturated rings. The van der Waals surface area contributed by atoms with Crippen LogP contribution in [-0.2, 0) is 11.4 Å². The number of hydroxylamine groups is 1. The molecule has 0 unspecified atom stereocenters. The topological polar surface area (TPSA) is 76.5 Å². The third kappa shape index (κ3) is 6.19. The summed E-state index contributed by atoms with van der Waals surface area (Å²) in [4.78, 5) is 18.2. The van der Waals surface area contributed by atoms with E-state index in [2.05, 4.69) is 39.4 Å². The Bertz CT molecular complexity index is 596. The molecule has 0 saturated heterocycles. The predicted molar refractivity (Wildman–Crippen MR) is 100 cm³/mol. The highest BCUT2D eigenvalue weighted by atomic mass is 16.7. The first-order chi connectivity index (χ1) is 12.3. The smallest absolute Gasteiger partial charge is 0.337 e. The van der Waals surface area contributed by atoms with Gasteiger partial charge in [-0.25, -0.2) is 9.82 Å².